The Hall–Kier alpha value is -1.55. The van der Waals surface area contributed by atoms with Gasteiger partial charge in [-0.05, 0) is 24.5 Å². The van der Waals surface area contributed by atoms with Gasteiger partial charge in [-0.25, -0.2) is 4.98 Å². The van der Waals surface area contributed by atoms with Crippen molar-refractivity contribution in [3.05, 3.63) is 30.2 Å². The van der Waals surface area contributed by atoms with Gasteiger partial charge in [-0.15, -0.1) is 0 Å². The molecule has 16 heavy (non-hydrogen) atoms. The Bertz CT molecular complexity index is 501. The minimum atomic E-state index is 0.254. The van der Waals surface area contributed by atoms with Crippen molar-refractivity contribution in [3.63, 3.8) is 0 Å². The van der Waals surface area contributed by atoms with Crippen LogP contribution in [0.5, 0.6) is 5.88 Å². The fourth-order valence-corrected chi connectivity index (χ4v) is 2.24. The van der Waals surface area contributed by atoms with Crippen LogP contribution in [0.1, 0.15) is 12.2 Å². The molecule has 1 atom stereocenters. The van der Waals surface area contributed by atoms with E-state index in [4.69, 9.17) is 4.74 Å². The molecule has 0 radical (unpaired) electrons. The smallest absolute Gasteiger partial charge is 0.197 e. The fraction of sp³-hybridized carbons (Fsp3) is 0.417. The van der Waals surface area contributed by atoms with E-state index in [1.807, 2.05) is 12.1 Å². The molecular weight excluding hydrogens is 204 g/mol. The van der Waals surface area contributed by atoms with Crippen molar-refractivity contribution >= 4 is 5.52 Å². The van der Waals surface area contributed by atoms with Gasteiger partial charge in [-0.3, -0.25) is 4.40 Å². The number of ether oxygens (including phenoxy) is 1. The summed E-state index contributed by atoms with van der Waals surface area (Å²) in [5.74, 6) is 1.71. The molecule has 2 aromatic rings. The number of imidazole rings is 1. The number of rotatable bonds is 2. The minimum absolute atomic E-state index is 0.254. The zero-order valence-electron chi connectivity index (χ0n) is 8.97. The van der Waals surface area contributed by atoms with Crippen molar-refractivity contribution in [2.45, 2.75) is 12.8 Å². The predicted octanol–water partition coefficient (Wildman–Crippen LogP) is 1.62. The third-order valence-corrected chi connectivity index (χ3v) is 3.10. The monoisotopic (exact) mass is 218 g/mol. The first kappa shape index (κ1) is 9.66. The average Bonchev–Trinajstić information content (AvgIpc) is 2.90. The number of hydrogen-bond donors (Lipinski definition) is 1. The van der Waals surface area contributed by atoms with Crippen LogP contribution in [0.4, 0.5) is 0 Å². The predicted molar refractivity (Wildman–Crippen MR) is 59.5 cm³/mol. The van der Waals surface area contributed by atoms with Crippen LogP contribution in [0, 0.1) is 5.92 Å². The number of nitrogens with zero attached hydrogens (tertiary/aromatic N) is 2. The van der Waals surface area contributed by atoms with Gasteiger partial charge >= 0.3 is 0 Å². The van der Waals surface area contributed by atoms with E-state index in [2.05, 4.69) is 4.98 Å². The number of hydrogen-bond acceptors (Lipinski definition) is 3. The molecular formula is C12H14N2O2. The minimum Gasteiger partial charge on any atom is -0.494 e. The van der Waals surface area contributed by atoms with Gasteiger partial charge in [0.2, 0.25) is 0 Å². The highest BCUT2D eigenvalue weighted by molar-refractivity contribution is 5.48. The Kier molecular flexibility index (Phi) is 2.29. The molecule has 84 valence electrons. The Morgan fingerprint density at radius 2 is 2.44 bits per heavy atom. The molecule has 0 spiro atoms. The maximum atomic E-state index is 9.81. The van der Waals surface area contributed by atoms with E-state index in [-0.39, 0.29) is 5.88 Å². The van der Waals surface area contributed by atoms with E-state index in [9.17, 15) is 5.11 Å². The van der Waals surface area contributed by atoms with Crippen molar-refractivity contribution in [3.8, 4) is 5.88 Å². The largest absolute Gasteiger partial charge is 0.494 e. The van der Waals surface area contributed by atoms with Crippen molar-refractivity contribution in [2.24, 2.45) is 5.92 Å². The summed E-state index contributed by atoms with van der Waals surface area (Å²) in [6, 6.07) is 5.46. The summed E-state index contributed by atoms with van der Waals surface area (Å²) in [7, 11) is 0. The van der Waals surface area contributed by atoms with E-state index >= 15 is 0 Å². The molecule has 3 heterocycles. The van der Waals surface area contributed by atoms with Gasteiger partial charge in [-0.2, -0.15) is 0 Å². The summed E-state index contributed by atoms with van der Waals surface area (Å²) in [6.45, 7) is 1.66. The number of aromatic hydroxyl groups is 1. The van der Waals surface area contributed by atoms with Gasteiger partial charge in [0, 0.05) is 19.6 Å². The standard InChI is InChI=1S/C12H14N2O2/c15-12-3-1-2-10-7-13-11(14(10)12)6-9-4-5-16-8-9/h1-3,7,9,15H,4-6,8H2. The van der Waals surface area contributed by atoms with E-state index in [1.165, 1.54) is 0 Å². The van der Waals surface area contributed by atoms with E-state index in [0.717, 1.165) is 37.4 Å². The van der Waals surface area contributed by atoms with Crippen molar-refractivity contribution in [2.75, 3.05) is 13.2 Å². The van der Waals surface area contributed by atoms with Crippen molar-refractivity contribution < 1.29 is 9.84 Å². The Morgan fingerprint density at radius 1 is 1.50 bits per heavy atom. The first-order valence-electron chi connectivity index (χ1n) is 5.56. The summed E-state index contributed by atoms with van der Waals surface area (Å²) >= 11 is 0. The van der Waals surface area contributed by atoms with Crippen LogP contribution in [0.2, 0.25) is 0 Å². The summed E-state index contributed by atoms with van der Waals surface area (Å²) in [6.07, 6.45) is 3.75. The summed E-state index contributed by atoms with van der Waals surface area (Å²) < 4.78 is 7.15. The van der Waals surface area contributed by atoms with E-state index in [1.54, 1.807) is 16.7 Å². The second-order valence-electron chi connectivity index (χ2n) is 4.25. The van der Waals surface area contributed by atoms with Gasteiger partial charge in [0.05, 0.1) is 11.7 Å². The summed E-state index contributed by atoms with van der Waals surface area (Å²) in [5, 5.41) is 9.81. The highest BCUT2D eigenvalue weighted by Gasteiger charge is 2.19. The van der Waals surface area contributed by atoms with Gasteiger partial charge < -0.3 is 9.84 Å². The molecule has 3 rings (SSSR count). The average molecular weight is 218 g/mol. The lowest BCUT2D eigenvalue weighted by Crippen LogP contribution is -2.07. The van der Waals surface area contributed by atoms with Crippen LogP contribution < -0.4 is 0 Å². The first-order chi connectivity index (χ1) is 7.84. The molecule has 0 aromatic carbocycles. The van der Waals surface area contributed by atoms with Crippen LogP contribution in [-0.4, -0.2) is 27.7 Å². The molecule has 1 aliphatic heterocycles. The van der Waals surface area contributed by atoms with E-state index < -0.39 is 0 Å². The van der Waals surface area contributed by atoms with Crippen LogP contribution in [0.15, 0.2) is 24.4 Å². The molecule has 0 aliphatic carbocycles. The molecule has 1 N–H and O–H groups in total. The normalized spacial score (nSPS) is 20.6. The summed E-state index contributed by atoms with van der Waals surface area (Å²) in [5.41, 5.74) is 0.939. The fourth-order valence-electron chi connectivity index (χ4n) is 2.24. The molecule has 0 saturated carbocycles. The molecule has 4 heteroatoms. The molecule has 1 unspecified atom stereocenters. The Balaban J connectivity index is 1.97. The SMILES string of the molecule is Oc1cccc2cnc(CC3CCOC3)n12. The first-order valence-corrected chi connectivity index (χ1v) is 5.56. The van der Waals surface area contributed by atoms with Crippen molar-refractivity contribution in [1.29, 1.82) is 0 Å². The molecule has 2 aromatic heterocycles. The van der Waals surface area contributed by atoms with Gasteiger partial charge in [0.15, 0.2) is 5.88 Å². The summed E-state index contributed by atoms with van der Waals surface area (Å²) in [4.78, 5) is 4.37. The third kappa shape index (κ3) is 1.55. The molecule has 1 saturated heterocycles. The molecule has 0 bridgehead atoms. The maximum absolute atomic E-state index is 9.81. The lowest BCUT2D eigenvalue weighted by Gasteiger charge is -2.07. The Morgan fingerprint density at radius 3 is 3.25 bits per heavy atom. The van der Waals surface area contributed by atoms with Gasteiger partial charge in [0.1, 0.15) is 5.82 Å². The highest BCUT2D eigenvalue weighted by Crippen LogP contribution is 2.21. The number of pyridine rings is 1. The topological polar surface area (TPSA) is 46.8 Å². The molecule has 1 aliphatic rings. The van der Waals surface area contributed by atoms with Crippen LogP contribution in [-0.2, 0) is 11.2 Å². The van der Waals surface area contributed by atoms with Crippen LogP contribution in [0.25, 0.3) is 5.52 Å². The number of fused-ring (bicyclic) bond motifs is 1. The highest BCUT2D eigenvalue weighted by atomic mass is 16.5. The van der Waals surface area contributed by atoms with Crippen molar-refractivity contribution in [1.82, 2.24) is 9.38 Å². The van der Waals surface area contributed by atoms with Crippen LogP contribution in [0.3, 0.4) is 0 Å². The maximum Gasteiger partial charge on any atom is 0.197 e. The van der Waals surface area contributed by atoms with Gasteiger partial charge in [-0.1, -0.05) is 6.07 Å². The Labute approximate surface area is 93.5 Å². The van der Waals surface area contributed by atoms with Gasteiger partial charge in [0.25, 0.3) is 0 Å². The zero-order chi connectivity index (χ0) is 11.0. The lowest BCUT2D eigenvalue weighted by atomic mass is 10.1. The molecule has 1 fully saturated rings. The quantitative estimate of drug-likeness (QED) is 0.833. The second-order valence-corrected chi connectivity index (χ2v) is 4.25. The third-order valence-electron chi connectivity index (χ3n) is 3.10. The second kappa shape index (κ2) is 3.79. The molecule has 0 amide bonds. The lowest BCUT2D eigenvalue weighted by molar-refractivity contribution is 0.185. The number of aromatic nitrogens is 2. The van der Waals surface area contributed by atoms with E-state index in [0.29, 0.717) is 5.92 Å². The molecule has 4 nitrogen and oxygen atoms in total. The van der Waals surface area contributed by atoms with Crippen LogP contribution >= 0.6 is 0 Å². The zero-order valence-corrected chi connectivity index (χ0v) is 8.97.